The normalized spacial score (nSPS) is 14.7. The highest BCUT2D eigenvalue weighted by atomic mass is 35.5. The number of carbonyl (C=O) groups excluding carboxylic acids is 2. The predicted octanol–water partition coefficient (Wildman–Crippen LogP) is 3.94. The molecule has 0 aliphatic carbocycles. The SMILES string of the molecule is COCCCNC(=O)C1CCN(CC(=O)Nc2ccc(Oc3ccccc3Cl)cc2)CC1. The summed E-state index contributed by atoms with van der Waals surface area (Å²) >= 11 is 6.11. The fourth-order valence-corrected chi connectivity index (χ4v) is 3.76. The van der Waals surface area contributed by atoms with Gasteiger partial charge in [0.15, 0.2) is 0 Å². The third kappa shape index (κ3) is 7.51. The van der Waals surface area contributed by atoms with E-state index in [1.54, 1.807) is 43.5 Å². The number of nitrogens with zero attached hydrogens (tertiary/aromatic N) is 1. The van der Waals surface area contributed by atoms with E-state index in [0.717, 1.165) is 32.4 Å². The van der Waals surface area contributed by atoms with Crippen LogP contribution in [0.15, 0.2) is 48.5 Å². The summed E-state index contributed by atoms with van der Waals surface area (Å²) in [5, 5.41) is 6.42. The topological polar surface area (TPSA) is 79.9 Å². The lowest BCUT2D eigenvalue weighted by Gasteiger charge is -2.30. The van der Waals surface area contributed by atoms with Gasteiger partial charge < -0.3 is 20.1 Å². The van der Waals surface area contributed by atoms with E-state index in [1.807, 2.05) is 12.1 Å². The van der Waals surface area contributed by atoms with Gasteiger partial charge in [0.2, 0.25) is 11.8 Å². The summed E-state index contributed by atoms with van der Waals surface area (Å²) in [6.45, 7) is 3.05. The summed E-state index contributed by atoms with van der Waals surface area (Å²) in [5.74, 6) is 1.26. The molecule has 1 heterocycles. The van der Waals surface area contributed by atoms with Crippen molar-refractivity contribution in [1.29, 1.82) is 0 Å². The molecule has 1 aliphatic rings. The third-order valence-corrected chi connectivity index (χ3v) is 5.66. The smallest absolute Gasteiger partial charge is 0.238 e. The van der Waals surface area contributed by atoms with Crippen LogP contribution in [-0.2, 0) is 14.3 Å². The first-order valence-electron chi connectivity index (χ1n) is 10.9. The summed E-state index contributed by atoms with van der Waals surface area (Å²) in [7, 11) is 1.65. The number of likely N-dealkylation sites (tertiary alicyclic amines) is 1. The molecule has 172 valence electrons. The Bertz CT molecular complexity index is 883. The lowest BCUT2D eigenvalue weighted by molar-refractivity contribution is -0.126. The Kier molecular flexibility index (Phi) is 9.34. The molecule has 0 atom stereocenters. The van der Waals surface area contributed by atoms with Crippen molar-refractivity contribution < 1.29 is 19.1 Å². The summed E-state index contributed by atoms with van der Waals surface area (Å²) in [6.07, 6.45) is 2.34. The van der Waals surface area contributed by atoms with Crippen molar-refractivity contribution >= 4 is 29.1 Å². The van der Waals surface area contributed by atoms with E-state index in [2.05, 4.69) is 15.5 Å². The molecule has 0 aromatic heterocycles. The molecule has 0 bridgehead atoms. The van der Waals surface area contributed by atoms with E-state index < -0.39 is 0 Å². The van der Waals surface area contributed by atoms with Gasteiger partial charge in [0.05, 0.1) is 11.6 Å². The van der Waals surface area contributed by atoms with Crippen LogP contribution < -0.4 is 15.4 Å². The maximum Gasteiger partial charge on any atom is 0.238 e. The van der Waals surface area contributed by atoms with Gasteiger partial charge in [0, 0.05) is 31.9 Å². The van der Waals surface area contributed by atoms with Crippen LogP contribution in [0, 0.1) is 5.92 Å². The van der Waals surface area contributed by atoms with E-state index in [1.165, 1.54) is 0 Å². The van der Waals surface area contributed by atoms with Gasteiger partial charge in [0.1, 0.15) is 11.5 Å². The summed E-state index contributed by atoms with van der Waals surface area (Å²) in [4.78, 5) is 26.7. The molecule has 1 fully saturated rings. The second-order valence-electron chi connectivity index (χ2n) is 7.79. The maximum atomic E-state index is 12.4. The molecule has 0 spiro atoms. The number of hydrogen-bond donors (Lipinski definition) is 2. The van der Waals surface area contributed by atoms with E-state index in [-0.39, 0.29) is 17.7 Å². The number of para-hydroxylation sites is 1. The van der Waals surface area contributed by atoms with Crippen molar-refractivity contribution in [2.75, 3.05) is 45.2 Å². The minimum atomic E-state index is -0.0766. The summed E-state index contributed by atoms with van der Waals surface area (Å²) in [6, 6.07) is 14.4. The van der Waals surface area contributed by atoms with E-state index in [4.69, 9.17) is 21.1 Å². The lowest BCUT2D eigenvalue weighted by atomic mass is 9.96. The zero-order valence-corrected chi connectivity index (χ0v) is 19.1. The standard InChI is InChI=1S/C24H30ClN3O4/c1-31-16-4-13-26-24(30)18-11-14-28(15-12-18)17-23(29)27-19-7-9-20(10-8-19)32-22-6-3-2-5-21(22)25/h2-3,5-10,18H,4,11-17H2,1H3,(H,26,30)(H,27,29). The quantitative estimate of drug-likeness (QED) is 0.526. The van der Waals surface area contributed by atoms with Crippen LogP contribution in [0.25, 0.3) is 0 Å². The number of benzene rings is 2. The summed E-state index contributed by atoms with van der Waals surface area (Å²) < 4.78 is 10.8. The highest BCUT2D eigenvalue weighted by Gasteiger charge is 2.25. The van der Waals surface area contributed by atoms with Crippen LogP contribution in [0.5, 0.6) is 11.5 Å². The average molecular weight is 460 g/mol. The van der Waals surface area contributed by atoms with Crippen LogP contribution >= 0.6 is 11.6 Å². The highest BCUT2D eigenvalue weighted by molar-refractivity contribution is 6.32. The number of hydrogen-bond acceptors (Lipinski definition) is 5. The number of rotatable bonds is 10. The van der Waals surface area contributed by atoms with Crippen molar-refractivity contribution in [2.45, 2.75) is 19.3 Å². The molecule has 0 unspecified atom stereocenters. The number of anilines is 1. The predicted molar refractivity (Wildman–Crippen MR) is 125 cm³/mol. The first kappa shape index (κ1) is 24.0. The molecule has 2 N–H and O–H groups in total. The molecule has 2 amide bonds. The van der Waals surface area contributed by atoms with Crippen molar-refractivity contribution in [3.8, 4) is 11.5 Å². The third-order valence-electron chi connectivity index (χ3n) is 5.35. The van der Waals surface area contributed by atoms with Crippen molar-refractivity contribution in [2.24, 2.45) is 5.92 Å². The van der Waals surface area contributed by atoms with Gasteiger partial charge in [0.25, 0.3) is 0 Å². The largest absolute Gasteiger partial charge is 0.456 e. The van der Waals surface area contributed by atoms with Crippen LogP contribution in [0.1, 0.15) is 19.3 Å². The van der Waals surface area contributed by atoms with E-state index in [0.29, 0.717) is 41.9 Å². The van der Waals surface area contributed by atoms with Gasteiger partial charge in [-0.3, -0.25) is 14.5 Å². The Morgan fingerprint density at radius 1 is 1.09 bits per heavy atom. The van der Waals surface area contributed by atoms with Gasteiger partial charge in [-0.15, -0.1) is 0 Å². The molecule has 2 aromatic rings. The van der Waals surface area contributed by atoms with Crippen LogP contribution in [0.4, 0.5) is 5.69 Å². The Morgan fingerprint density at radius 3 is 2.50 bits per heavy atom. The number of nitrogens with one attached hydrogen (secondary N) is 2. The Labute approximate surface area is 194 Å². The molecule has 0 radical (unpaired) electrons. The second kappa shape index (κ2) is 12.4. The monoisotopic (exact) mass is 459 g/mol. The molecular weight excluding hydrogens is 430 g/mol. The zero-order chi connectivity index (χ0) is 22.8. The number of piperidine rings is 1. The van der Waals surface area contributed by atoms with Crippen molar-refractivity contribution in [3.05, 3.63) is 53.6 Å². The fourth-order valence-electron chi connectivity index (χ4n) is 3.59. The molecule has 2 aromatic carbocycles. The second-order valence-corrected chi connectivity index (χ2v) is 8.20. The van der Waals surface area contributed by atoms with Gasteiger partial charge in [-0.1, -0.05) is 23.7 Å². The average Bonchev–Trinajstić information content (AvgIpc) is 2.80. The Morgan fingerprint density at radius 2 is 1.81 bits per heavy atom. The number of amides is 2. The molecule has 32 heavy (non-hydrogen) atoms. The van der Waals surface area contributed by atoms with Gasteiger partial charge in [-0.25, -0.2) is 0 Å². The van der Waals surface area contributed by atoms with Crippen LogP contribution in [0.2, 0.25) is 5.02 Å². The first-order chi connectivity index (χ1) is 15.5. The Balaban J connectivity index is 1.39. The number of methoxy groups -OCH3 is 1. The number of ether oxygens (including phenoxy) is 2. The molecule has 1 saturated heterocycles. The Hall–Kier alpha value is -2.61. The van der Waals surface area contributed by atoms with Crippen molar-refractivity contribution in [3.63, 3.8) is 0 Å². The molecule has 0 saturated carbocycles. The fraction of sp³-hybridized carbons (Fsp3) is 0.417. The first-order valence-corrected chi connectivity index (χ1v) is 11.2. The molecular formula is C24H30ClN3O4. The van der Waals surface area contributed by atoms with E-state index >= 15 is 0 Å². The summed E-state index contributed by atoms with van der Waals surface area (Å²) in [5.41, 5.74) is 0.701. The van der Waals surface area contributed by atoms with E-state index in [9.17, 15) is 9.59 Å². The molecule has 7 nitrogen and oxygen atoms in total. The van der Waals surface area contributed by atoms with Crippen LogP contribution in [-0.4, -0.2) is 56.6 Å². The maximum absolute atomic E-state index is 12.4. The van der Waals surface area contributed by atoms with Gasteiger partial charge >= 0.3 is 0 Å². The number of carbonyl (C=O) groups is 2. The number of halogens is 1. The highest BCUT2D eigenvalue weighted by Crippen LogP contribution is 2.29. The molecule has 8 heteroatoms. The van der Waals surface area contributed by atoms with Crippen molar-refractivity contribution in [1.82, 2.24) is 10.2 Å². The van der Waals surface area contributed by atoms with Gasteiger partial charge in [-0.2, -0.15) is 0 Å². The molecule has 3 rings (SSSR count). The van der Waals surface area contributed by atoms with Gasteiger partial charge in [-0.05, 0) is 68.8 Å². The minimum absolute atomic E-state index is 0.0162. The lowest BCUT2D eigenvalue weighted by Crippen LogP contribution is -2.43. The zero-order valence-electron chi connectivity index (χ0n) is 18.3. The minimum Gasteiger partial charge on any atom is -0.456 e. The van der Waals surface area contributed by atoms with Crippen LogP contribution in [0.3, 0.4) is 0 Å². The molecule has 1 aliphatic heterocycles.